The van der Waals surface area contributed by atoms with Crippen LogP contribution in [0.2, 0.25) is 10.0 Å². The van der Waals surface area contributed by atoms with Crippen LogP contribution in [-0.4, -0.2) is 36.9 Å². The Kier molecular flexibility index (Phi) is 6.67. The Hall–Kier alpha value is -2.24. The standard InChI is InChI=1S/C18H18Cl2N2O3/c1-12-3-6-14(7-4-12)21-17(23)10-22(2)18(24)11-25-16-8-5-13(19)9-15(16)20/h3-9H,10-11H2,1-2H3,(H,21,23). The van der Waals surface area contributed by atoms with Gasteiger partial charge < -0.3 is 15.0 Å². The van der Waals surface area contributed by atoms with Crippen molar-refractivity contribution in [1.29, 1.82) is 0 Å². The molecule has 0 fully saturated rings. The molecule has 0 spiro atoms. The number of hydrogen-bond acceptors (Lipinski definition) is 3. The Bertz CT molecular complexity index is 763. The van der Waals surface area contributed by atoms with Crippen LogP contribution in [0.25, 0.3) is 0 Å². The van der Waals surface area contributed by atoms with Crippen LogP contribution in [0.4, 0.5) is 5.69 Å². The Morgan fingerprint density at radius 1 is 1.12 bits per heavy atom. The summed E-state index contributed by atoms with van der Waals surface area (Å²) in [4.78, 5) is 25.4. The molecule has 5 nitrogen and oxygen atoms in total. The Labute approximate surface area is 156 Å². The van der Waals surface area contributed by atoms with Crippen LogP contribution in [0.3, 0.4) is 0 Å². The minimum absolute atomic E-state index is 0.0789. The van der Waals surface area contributed by atoms with E-state index < -0.39 is 0 Å². The van der Waals surface area contributed by atoms with E-state index in [4.69, 9.17) is 27.9 Å². The van der Waals surface area contributed by atoms with E-state index in [0.29, 0.717) is 21.5 Å². The Balaban J connectivity index is 1.82. The minimum Gasteiger partial charge on any atom is -0.482 e. The molecule has 0 radical (unpaired) electrons. The van der Waals surface area contributed by atoms with Gasteiger partial charge in [-0.2, -0.15) is 0 Å². The highest BCUT2D eigenvalue weighted by molar-refractivity contribution is 6.35. The van der Waals surface area contributed by atoms with Crippen LogP contribution < -0.4 is 10.1 Å². The van der Waals surface area contributed by atoms with Crippen LogP contribution in [0.15, 0.2) is 42.5 Å². The fourth-order valence-corrected chi connectivity index (χ4v) is 2.45. The second-order valence-electron chi connectivity index (χ2n) is 5.53. The normalized spacial score (nSPS) is 10.2. The van der Waals surface area contributed by atoms with Crippen molar-refractivity contribution >= 4 is 40.7 Å². The predicted molar refractivity (Wildman–Crippen MR) is 99.4 cm³/mol. The van der Waals surface area contributed by atoms with E-state index in [1.807, 2.05) is 19.1 Å². The van der Waals surface area contributed by atoms with E-state index >= 15 is 0 Å². The molecule has 0 aliphatic rings. The maximum absolute atomic E-state index is 12.1. The third kappa shape index (κ3) is 5.96. The number of benzene rings is 2. The molecule has 0 saturated heterocycles. The summed E-state index contributed by atoms with van der Waals surface area (Å²) in [7, 11) is 1.53. The number of ether oxygens (including phenoxy) is 1. The Morgan fingerprint density at radius 3 is 2.44 bits per heavy atom. The summed E-state index contributed by atoms with van der Waals surface area (Å²) in [5.41, 5.74) is 1.78. The van der Waals surface area contributed by atoms with Gasteiger partial charge in [-0.1, -0.05) is 40.9 Å². The molecular formula is C18H18Cl2N2O3. The topological polar surface area (TPSA) is 58.6 Å². The number of halogens is 2. The molecule has 2 amide bonds. The smallest absolute Gasteiger partial charge is 0.260 e. The van der Waals surface area contributed by atoms with Crippen LogP contribution >= 0.6 is 23.2 Å². The number of likely N-dealkylation sites (N-methyl/N-ethyl adjacent to an activating group) is 1. The van der Waals surface area contributed by atoms with Gasteiger partial charge in [0.25, 0.3) is 5.91 Å². The molecule has 2 aromatic carbocycles. The molecule has 1 N–H and O–H groups in total. The predicted octanol–water partition coefficient (Wildman–Crippen LogP) is 3.78. The van der Waals surface area contributed by atoms with Crippen molar-refractivity contribution in [1.82, 2.24) is 4.90 Å². The molecular weight excluding hydrogens is 363 g/mol. The summed E-state index contributed by atoms with van der Waals surface area (Å²) in [6, 6.07) is 12.1. The minimum atomic E-state index is -0.343. The molecule has 2 aromatic rings. The molecule has 0 atom stereocenters. The summed E-state index contributed by atoms with van der Waals surface area (Å²) in [6.45, 7) is 1.66. The lowest BCUT2D eigenvalue weighted by molar-refractivity contribution is -0.135. The first-order valence-electron chi connectivity index (χ1n) is 7.53. The van der Waals surface area contributed by atoms with Gasteiger partial charge in [-0.15, -0.1) is 0 Å². The molecule has 0 aromatic heterocycles. The van der Waals surface area contributed by atoms with Crippen LogP contribution in [0.1, 0.15) is 5.56 Å². The second kappa shape index (κ2) is 8.74. The third-order valence-corrected chi connectivity index (χ3v) is 3.92. The number of aryl methyl sites for hydroxylation is 1. The molecule has 0 saturated carbocycles. The highest BCUT2D eigenvalue weighted by Crippen LogP contribution is 2.27. The first-order chi connectivity index (χ1) is 11.8. The maximum atomic E-state index is 12.1. The lowest BCUT2D eigenvalue weighted by Crippen LogP contribution is -2.37. The highest BCUT2D eigenvalue weighted by Gasteiger charge is 2.14. The van der Waals surface area contributed by atoms with E-state index in [2.05, 4.69) is 5.32 Å². The molecule has 132 valence electrons. The molecule has 0 unspecified atom stereocenters. The van der Waals surface area contributed by atoms with Crippen LogP contribution in [0, 0.1) is 6.92 Å². The van der Waals surface area contributed by atoms with Gasteiger partial charge in [0.1, 0.15) is 5.75 Å². The second-order valence-corrected chi connectivity index (χ2v) is 6.37. The number of amides is 2. The van der Waals surface area contributed by atoms with E-state index in [0.717, 1.165) is 5.56 Å². The zero-order valence-electron chi connectivity index (χ0n) is 13.9. The average molecular weight is 381 g/mol. The van der Waals surface area contributed by atoms with Gasteiger partial charge in [-0.3, -0.25) is 9.59 Å². The largest absolute Gasteiger partial charge is 0.482 e. The summed E-state index contributed by atoms with van der Waals surface area (Å²) < 4.78 is 5.37. The van der Waals surface area contributed by atoms with E-state index in [-0.39, 0.29) is 25.0 Å². The fraction of sp³-hybridized carbons (Fsp3) is 0.222. The van der Waals surface area contributed by atoms with Gasteiger partial charge in [0.05, 0.1) is 11.6 Å². The van der Waals surface area contributed by atoms with Gasteiger partial charge in [-0.25, -0.2) is 0 Å². The van der Waals surface area contributed by atoms with Crippen molar-refractivity contribution < 1.29 is 14.3 Å². The summed E-state index contributed by atoms with van der Waals surface area (Å²) in [5.74, 6) is -0.272. The zero-order chi connectivity index (χ0) is 18.4. The first kappa shape index (κ1) is 19.1. The summed E-state index contributed by atoms with van der Waals surface area (Å²) in [5, 5.41) is 3.53. The van der Waals surface area contributed by atoms with Gasteiger partial charge in [0.2, 0.25) is 5.91 Å². The molecule has 2 rings (SSSR count). The van der Waals surface area contributed by atoms with Crippen molar-refractivity contribution in [3.05, 3.63) is 58.1 Å². The van der Waals surface area contributed by atoms with E-state index in [1.165, 1.54) is 18.0 Å². The lowest BCUT2D eigenvalue weighted by Gasteiger charge is -2.17. The van der Waals surface area contributed by atoms with E-state index in [1.54, 1.807) is 24.3 Å². The maximum Gasteiger partial charge on any atom is 0.260 e. The fourth-order valence-electron chi connectivity index (χ4n) is 1.98. The molecule has 0 heterocycles. The quantitative estimate of drug-likeness (QED) is 0.829. The van der Waals surface area contributed by atoms with Crippen molar-refractivity contribution in [2.24, 2.45) is 0 Å². The van der Waals surface area contributed by atoms with Crippen molar-refractivity contribution in [2.75, 3.05) is 25.5 Å². The van der Waals surface area contributed by atoms with Crippen molar-refractivity contribution in [2.45, 2.75) is 6.92 Å². The Morgan fingerprint density at radius 2 is 1.80 bits per heavy atom. The number of nitrogens with zero attached hydrogens (tertiary/aromatic N) is 1. The number of carbonyl (C=O) groups excluding carboxylic acids is 2. The van der Waals surface area contributed by atoms with Crippen LogP contribution in [-0.2, 0) is 9.59 Å². The number of rotatable bonds is 6. The summed E-state index contributed by atoms with van der Waals surface area (Å²) >= 11 is 11.8. The average Bonchev–Trinajstić information content (AvgIpc) is 2.55. The number of hydrogen-bond donors (Lipinski definition) is 1. The first-order valence-corrected chi connectivity index (χ1v) is 8.29. The van der Waals surface area contributed by atoms with Crippen molar-refractivity contribution in [3.63, 3.8) is 0 Å². The number of anilines is 1. The molecule has 0 bridgehead atoms. The highest BCUT2D eigenvalue weighted by atomic mass is 35.5. The zero-order valence-corrected chi connectivity index (χ0v) is 15.4. The molecule has 7 heteroatoms. The summed E-state index contributed by atoms with van der Waals surface area (Å²) in [6.07, 6.45) is 0. The number of carbonyl (C=O) groups is 2. The van der Waals surface area contributed by atoms with Gasteiger partial charge in [0, 0.05) is 17.8 Å². The molecule has 25 heavy (non-hydrogen) atoms. The van der Waals surface area contributed by atoms with Gasteiger partial charge >= 0.3 is 0 Å². The molecule has 0 aliphatic heterocycles. The van der Waals surface area contributed by atoms with Crippen molar-refractivity contribution in [3.8, 4) is 5.75 Å². The number of nitrogens with one attached hydrogen (secondary N) is 1. The lowest BCUT2D eigenvalue weighted by atomic mass is 10.2. The van der Waals surface area contributed by atoms with Gasteiger partial charge in [0.15, 0.2) is 6.61 Å². The SMILES string of the molecule is Cc1ccc(NC(=O)CN(C)C(=O)COc2ccc(Cl)cc2Cl)cc1. The van der Waals surface area contributed by atoms with Crippen LogP contribution in [0.5, 0.6) is 5.75 Å². The molecule has 0 aliphatic carbocycles. The van der Waals surface area contributed by atoms with E-state index in [9.17, 15) is 9.59 Å². The third-order valence-electron chi connectivity index (χ3n) is 3.39. The monoisotopic (exact) mass is 380 g/mol. The van der Waals surface area contributed by atoms with Gasteiger partial charge in [-0.05, 0) is 37.3 Å².